The van der Waals surface area contributed by atoms with Gasteiger partial charge in [0.05, 0.1) is 12.2 Å². The van der Waals surface area contributed by atoms with E-state index in [0.717, 1.165) is 16.8 Å². The zero-order valence-corrected chi connectivity index (χ0v) is 12.1. The van der Waals surface area contributed by atoms with E-state index in [1.54, 1.807) is 19.1 Å². The van der Waals surface area contributed by atoms with Crippen LogP contribution in [-0.2, 0) is 4.74 Å². The Morgan fingerprint density at radius 1 is 1.05 bits per heavy atom. The number of ether oxygens (including phenoxy) is 1. The summed E-state index contributed by atoms with van der Waals surface area (Å²) in [4.78, 5) is 11.6. The highest BCUT2D eigenvalue weighted by Crippen LogP contribution is 2.15. The molecule has 0 atom stereocenters. The fourth-order valence-electron chi connectivity index (χ4n) is 1.92. The summed E-state index contributed by atoms with van der Waals surface area (Å²) in [6, 6.07) is 17.3. The van der Waals surface area contributed by atoms with Gasteiger partial charge >= 0.3 is 5.97 Å². The van der Waals surface area contributed by atoms with Crippen LogP contribution in [0.2, 0.25) is 0 Å². The van der Waals surface area contributed by atoms with E-state index in [4.69, 9.17) is 4.74 Å². The molecule has 108 valence electrons. The summed E-state index contributed by atoms with van der Waals surface area (Å²) >= 11 is 0. The molecule has 2 aromatic rings. The summed E-state index contributed by atoms with van der Waals surface area (Å²) in [6.07, 6.45) is 0. The molecular weight excluding hydrogens is 262 g/mol. The van der Waals surface area contributed by atoms with Crippen molar-refractivity contribution in [3.05, 3.63) is 72.3 Å². The zero-order chi connectivity index (χ0) is 15.1. The standard InChI is InChI=1S/C18H19NO2/c1-3-21-18(20)16-11-9-15(10-12-16)14(2)13-19-17-7-5-4-6-8-17/h4-12,19H,2-3,13H2,1H3. The van der Waals surface area contributed by atoms with E-state index in [0.29, 0.717) is 18.7 Å². The van der Waals surface area contributed by atoms with E-state index in [1.807, 2.05) is 42.5 Å². The molecule has 0 amide bonds. The Morgan fingerprint density at radius 2 is 1.67 bits per heavy atom. The van der Waals surface area contributed by atoms with Crippen molar-refractivity contribution in [1.29, 1.82) is 0 Å². The first-order valence-corrected chi connectivity index (χ1v) is 6.95. The molecule has 2 rings (SSSR count). The van der Waals surface area contributed by atoms with Gasteiger partial charge in [0.1, 0.15) is 0 Å². The lowest BCUT2D eigenvalue weighted by Crippen LogP contribution is -2.05. The summed E-state index contributed by atoms with van der Waals surface area (Å²) in [5.41, 5.74) is 3.59. The van der Waals surface area contributed by atoms with E-state index < -0.39 is 0 Å². The molecule has 0 bridgehead atoms. The van der Waals surface area contributed by atoms with Crippen LogP contribution in [0.5, 0.6) is 0 Å². The smallest absolute Gasteiger partial charge is 0.338 e. The Labute approximate surface area is 125 Å². The third kappa shape index (κ3) is 4.21. The van der Waals surface area contributed by atoms with Crippen molar-refractivity contribution >= 4 is 17.2 Å². The fraction of sp³-hybridized carbons (Fsp3) is 0.167. The van der Waals surface area contributed by atoms with Crippen LogP contribution >= 0.6 is 0 Å². The second kappa shape index (κ2) is 7.29. The van der Waals surface area contributed by atoms with Gasteiger partial charge in [0, 0.05) is 12.2 Å². The SMILES string of the molecule is C=C(CNc1ccccc1)c1ccc(C(=O)OCC)cc1. The predicted octanol–water partition coefficient (Wildman–Crippen LogP) is 3.99. The van der Waals surface area contributed by atoms with Crippen LogP contribution in [0.1, 0.15) is 22.8 Å². The Balaban J connectivity index is 1.95. The number of rotatable bonds is 6. The van der Waals surface area contributed by atoms with Crippen LogP contribution in [0.4, 0.5) is 5.69 Å². The minimum Gasteiger partial charge on any atom is -0.462 e. The molecule has 0 aliphatic heterocycles. The Morgan fingerprint density at radius 3 is 2.29 bits per heavy atom. The maximum Gasteiger partial charge on any atom is 0.338 e. The van der Waals surface area contributed by atoms with Crippen LogP contribution in [0.25, 0.3) is 5.57 Å². The molecule has 0 fully saturated rings. The van der Waals surface area contributed by atoms with Crippen molar-refractivity contribution in [2.45, 2.75) is 6.92 Å². The third-order valence-corrected chi connectivity index (χ3v) is 3.08. The second-order valence-corrected chi connectivity index (χ2v) is 4.62. The molecule has 0 aliphatic carbocycles. The van der Waals surface area contributed by atoms with E-state index in [-0.39, 0.29) is 5.97 Å². The van der Waals surface area contributed by atoms with E-state index in [9.17, 15) is 4.79 Å². The Kier molecular flexibility index (Phi) is 5.16. The lowest BCUT2D eigenvalue weighted by Gasteiger charge is -2.10. The summed E-state index contributed by atoms with van der Waals surface area (Å²) in [6.45, 7) is 6.91. The van der Waals surface area contributed by atoms with Crippen molar-refractivity contribution in [2.24, 2.45) is 0 Å². The van der Waals surface area contributed by atoms with Crippen LogP contribution in [0, 0.1) is 0 Å². The fourth-order valence-corrected chi connectivity index (χ4v) is 1.92. The lowest BCUT2D eigenvalue weighted by molar-refractivity contribution is 0.0526. The third-order valence-electron chi connectivity index (χ3n) is 3.08. The second-order valence-electron chi connectivity index (χ2n) is 4.62. The van der Waals surface area contributed by atoms with Gasteiger partial charge in [-0.2, -0.15) is 0 Å². The van der Waals surface area contributed by atoms with Gasteiger partial charge < -0.3 is 10.1 Å². The zero-order valence-electron chi connectivity index (χ0n) is 12.1. The van der Waals surface area contributed by atoms with Gasteiger partial charge in [-0.25, -0.2) is 4.79 Å². The molecule has 0 spiro atoms. The number of nitrogens with one attached hydrogen (secondary N) is 1. The Bertz CT molecular complexity index is 603. The average Bonchev–Trinajstić information content (AvgIpc) is 2.54. The van der Waals surface area contributed by atoms with Gasteiger partial charge in [-0.05, 0) is 42.3 Å². The lowest BCUT2D eigenvalue weighted by atomic mass is 10.1. The first-order chi connectivity index (χ1) is 10.2. The number of para-hydroxylation sites is 1. The molecule has 0 heterocycles. The van der Waals surface area contributed by atoms with Gasteiger partial charge in [-0.15, -0.1) is 0 Å². The minimum absolute atomic E-state index is 0.294. The van der Waals surface area contributed by atoms with E-state index in [2.05, 4.69) is 11.9 Å². The molecular formula is C18H19NO2. The summed E-state index contributed by atoms with van der Waals surface area (Å²) in [5, 5.41) is 3.31. The molecule has 0 radical (unpaired) electrons. The van der Waals surface area contributed by atoms with Crippen molar-refractivity contribution in [2.75, 3.05) is 18.5 Å². The minimum atomic E-state index is -0.294. The highest BCUT2D eigenvalue weighted by atomic mass is 16.5. The van der Waals surface area contributed by atoms with Gasteiger partial charge in [0.2, 0.25) is 0 Å². The van der Waals surface area contributed by atoms with Gasteiger partial charge in [-0.1, -0.05) is 36.9 Å². The monoisotopic (exact) mass is 281 g/mol. The largest absolute Gasteiger partial charge is 0.462 e. The van der Waals surface area contributed by atoms with Gasteiger partial charge in [0.25, 0.3) is 0 Å². The number of benzene rings is 2. The van der Waals surface area contributed by atoms with Crippen LogP contribution in [0.15, 0.2) is 61.2 Å². The molecule has 0 aromatic heterocycles. The molecule has 2 aromatic carbocycles. The number of esters is 1. The molecule has 3 heteroatoms. The molecule has 0 unspecified atom stereocenters. The predicted molar refractivity (Wildman–Crippen MR) is 86.4 cm³/mol. The van der Waals surface area contributed by atoms with Crippen molar-refractivity contribution in [3.63, 3.8) is 0 Å². The van der Waals surface area contributed by atoms with Crippen molar-refractivity contribution < 1.29 is 9.53 Å². The van der Waals surface area contributed by atoms with Crippen LogP contribution < -0.4 is 5.32 Å². The highest BCUT2D eigenvalue weighted by molar-refractivity contribution is 5.89. The van der Waals surface area contributed by atoms with Crippen LogP contribution in [0.3, 0.4) is 0 Å². The van der Waals surface area contributed by atoms with E-state index >= 15 is 0 Å². The number of hydrogen-bond donors (Lipinski definition) is 1. The molecule has 0 saturated heterocycles. The maximum atomic E-state index is 11.6. The quantitative estimate of drug-likeness (QED) is 0.814. The molecule has 0 saturated carbocycles. The number of anilines is 1. The van der Waals surface area contributed by atoms with Crippen LogP contribution in [-0.4, -0.2) is 19.1 Å². The van der Waals surface area contributed by atoms with Gasteiger partial charge in [-0.3, -0.25) is 0 Å². The normalized spacial score (nSPS) is 9.95. The molecule has 1 N–H and O–H groups in total. The highest BCUT2D eigenvalue weighted by Gasteiger charge is 2.06. The summed E-state index contributed by atoms with van der Waals surface area (Å²) in [7, 11) is 0. The first-order valence-electron chi connectivity index (χ1n) is 6.95. The number of carbonyl (C=O) groups is 1. The maximum absolute atomic E-state index is 11.6. The summed E-state index contributed by atoms with van der Waals surface area (Å²) in [5.74, 6) is -0.294. The van der Waals surface area contributed by atoms with Crippen molar-refractivity contribution in [3.8, 4) is 0 Å². The molecule has 0 aliphatic rings. The van der Waals surface area contributed by atoms with E-state index in [1.165, 1.54) is 0 Å². The van der Waals surface area contributed by atoms with Crippen molar-refractivity contribution in [1.82, 2.24) is 0 Å². The number of carbonyl (C=O) groups excluding carboxylic acids is 1. The molecule has 21 heavy (non-hydrogen) atoms. The topological polar surface area (TPSA) is 38.3 Å². The average molecular weight is 281 g/mol. The van der Waals surface area contributed by atoms with Gasteiger partial charge in [0.15, 0.2) is 0 Å². The first kappa shape index (κ1) is 14.9. The molecule has 3 nitrogen and oxygen atoms in total. The number of hydrogen-bond acceptors (Lipinski definition) is 3. The Hall–Kier alpha value is -2.55. The summed E-state index contributed by atoms with van der Waals surface area (Å²) < 4.78 is 4.96.